The number of hydrogen-bond donors (Lipinski definition) is 2. The highest BCUT2D eigenvalue weighted by atomic mass is 16.6. The molecule has 1 amide bonds. The summed E-state index contributed by atoms with van der Waals surface area (Å²) in [6.07, 6.45) is 7.04. The summed E-state index contributed by atoms with van der Waals surface area (Å²) in [7, 11) is 0. The molecule has 0 saturated heterocycles. The number of nitrogens with one attached hydrogen (secondary N) is 2. The normalized spacial score (nSPS) is 28.0. The topological polar surface area (TPSA) is 50.4 Å². The van der Waals surface area contributed by atoms with Crippen LogP contribution in [0.1, 0.15) is 66.2 Å². The van der Waals surface area contributed by atoms with Crippen molar-refractivity contribution in [3.8, 4) is 0 Å². The van der Waals surface area contributed by atoms with Gasteiger partial charge in [0.2, 0.25) is 0 Å². The summed E-state index contributed by atoms with van der Waals surface area (Å²) in [6.45, 7) is 9.17. The van der Waals surface area contributed by atoms with Crippen LogP contribution >= 0.6 is 0 Å². The van der Waals surface area contributed by atoms with Crippen LogP contribution in [0.2, 0.25) is 0 Å². The van der Waals surface area contributed by atoms with E-state index < -0.39 is 5.60 Å². The van der Waals surface area contributed by atoms with E-state index in [1.54, 1.807) is 0 Å². The average Bonchev–Trinajstić information content (AvgIpc) is 3.18. The summed E-state index contributed by atoms with van der Waals surface area (Å²) in [5.41, 5.74) is -0.421. The SMILES string of the molecule is CC(CNC1CCCC(NC(=O)OC(C)(C)C)C1)C1CC1. The smallest absolute Gasteiger partial charge is 0.407 e. The highest BCUT2D eigenvalue weighted by molar-refractivity contribution is 5.68. The molecular formula is C17H32N2O2. The predicted octanol–water partition coefficient (Wildman–Crippen LogP) is 3.46. The molecule has 0 aromatic rings. The van der Waals surface area contributed by atoms with Crippen LogP contribution in [0.25, 0.3) is 0 Å². The maximum Gasteiger partial charge on any atom is 0.407 e. The van der Waals surface area contributed by atoms with Crippen molar-refractivity contribution >= 4 is 6.09 Å². The number of carbonyl (C=O) groups is 1. The molecule has 3 unspecified atom stereocenters. The van der Waals surface area contributed by atoms with Gasteiger partial charge in [-0.25, -0.2) is 4.79 Å². The number of rotatable bonds is 5. The van der Waals surface area contributed by atoms with Gasteiger partial charge in [-0.2, -0.15) is 0 Å². The Morgan fingerprint density at radius 2 is 1.86 bits per heavy atom. The molecule has 21 heavy (non-hydrogen) atoms. The molecule has 0 spiro atoms. The van der Waals surface area contributed by atoms with Gasteiger partial charge in [0, 0.05) is 12.1 Å². The maximum absolute atomic E-state index is 11.8. The van der Waals surface area contributed by atoms with E-state index in [0.29, 0.717) is 6.04 Å². The molecule has 122 valence electrons. The fraction of sp³-hybridized carbons (Fsp3) is 0.941. The first-order valence-corrected chi connectivity index (χ1v) is 8.56. The molecule has 2 aliphatic carbocycles. The lowest BCUT2D eigenvalue weighted by Gasteiger charge is -2.32. The van der Waals surface area contributed by atoms with E-state index in [0.717, 1.165) is 31.2 Å². The predicted molar refractivity (Wildman–Crippen MR) is 85.3 cm³/mol. The van der Waals surface area contributed by atoms with E-state index >= 15 is 0 Å². The lowest BCUT2D eigenvalue weighted by atomic mass is 9.90. The molecule has 2 fully saturated rings. The summed E-state index contributed by atoms with van der Waals surface area (Å²) < 4.78 is 5.34. The zero-order valence-electron chi connectivity index (χ0n) is 14.1. The van der Waals surface area contributed by atoms with Gasteiger partial charge in [0.05, 0.1) is 0 Å². The minimum absolute atomic E-state index is 0.252. The lowest BCUT2D eigenvalue weighted by Crippen LogP contribution is -2.46. The number of hydrogen-bond acceptors (Lipinski definition) is 3. The Labute approximate surface area is 129 Å². The molecule has 0 radical (unpaired) electrons. The van der Waals surface area contributed by atoms with Gasteiger partial charge in [0.25, 0.3) is 0 Å². The molecule has 2 N–H and O–H groups in total. The van der Waals surface area contributed by atoms with Gasteiger partial charge in [-0.15, -0.1) is 0 Å². The molecule has 3 atom stereocenters. The standard InChI is InChI=1S/C17H32N2O2/c1-12(13-8-9-13)11-18-14-6-5-7-15(10-14)19-16(20)21-17(2,3)4/h12-15,18H,5-11H2,1-4H3,(H,19,20). The monoisotopic (exact) mass is 296 g/mol. The average molecular weight is 296 g/mol. The quantitative estimate of drug-likeness (QED) is 0.817. The first kappa shape index (κ1) is 16.6. The Morgan fingerprint density at radius 1 is 1.19 bits per heavy atom. The van der Waals surface area contributed by atoms with Gasteiger partial charge in [-0.1, -0.05) is 6.92 Å². The second-order valence-corrected chi connectivity index (χ2v) is 7.93. The molecule has 0 heterocycles. The van der Waals surface area contributed by atoms with Crippen LogP contribution in [-0.2, 0) is 4.74 Å². The van der Waals surface area contributed by atoms with E-state index in [-0.39, 0.29) is 12.1 Å². The Kier molecular flexibility index (Phi) is 5.53. The van der Waals surface area contributed by atoms with Crippen molar-refractivity contribution in [2.75, 3.05) is 6.54 Å². The van der Waals surface area contributed by atoms with Crippen molar-refractivity contribution in [2.45, 2.75) is 83.9 Å². The van der Waals surface area contributed by atoms with Crippen LogP contribution < -0.4 is 10.6 Å². The Balaban J connectivity index is 1.68. The van der Waals surface area contributed by atoms with Crippen LogP contribution in [0.5, 0.6) is 0 Å². The Bertz CT molecular complexity index is 347. The van der Waals surface area contributed by atoms with Crippen molar-refractivity contribution in [3.05, 3.63) is 0 Å². The fourth-order valence-electron chi connectivity index (χ4n) is 3.16. The Hall–Kier alpha value is -0.770. The molecule has 0 aliphatic heterocycles. The van der Waals surface area contributed by atoms with Crippen molar-refractivity contribution in [2.24, 2.45) is 11.8 Å². The summed E-state index contributed by atoms with van der Waals surface area (Å²) in [6, 6.07) is 0.794. The van der Waals surface area contributed by atoms with Crippen LogP contribution in [0.3, 0.4) is 0 Å². The minimum Gasteiger partial charge on any atom is -0.444 e. The van der Waals surface area contributed by atoms with Crippen molar-refractivity contribution in [3.63, 3.8) is 0 Å². The molecule has 2 saturated carbocycles. The van der Waals surface area contributed by atoms with Crippen LogP contribution in [-0.4, -0.2) is 30.3 Å². The second kappa shape index (κ2) is 6.99. The summed E-state index contributed by atoms with van der Waals surface area (Å²) in [4.78, 5) is 11.8. The van der Waals surface area contributed by atoms with Gasteiger partial charge in [-0.3, -0.25) is 0 Å². The zero-order valence-corrected chi connectivity index (χ0v) is 14.1. The van der Waals surface area contributed by atoms with Crippen LogP contribution in [0.15, 0.2) is 0 Å². The number of carbonyl (C=O) groups excluding carboxylic acids is 1. The van der Waals surface area contributed by atoms with Gasteiger partial charge in [-0.05, 0) is 77.7 Å². The second-order valence-electron chi connectivity index (χ2n) is 7.93. The fourth-order valence-corrected chi connectivity index (χ4v) is 3.16. The highest BCUT2D eigenvalue weighted by Gasteiger charge is 2.29. The van der Waals surface area contributed by atoms with Gasteiger partial charge >= 0.3 is 6.09 Å². The van der Waals surface area contributed by atoms with Crippen molar-refractivity contribution < 1.29 is 9.53 Å². The van der Waals surface area contributed by atoms with E-state index in [4.69, 9.17) is 4.74 Å². The zero-order chi connectivity index (χ0) is 15.5. The van der Waals surface area contributed by atoms with Crippen LogP contribution in [0.4, 0.5) is 4.79 Å². The molecule has 4 heteroatoms. The molecule has 0 aromatic carbocycles. The van der Waals surface area contributed by atoms with E-state index in [1.165, 1.54) is 25.7 Å². The summed E-state index contributed by atoms with van der Waals surface area (Å²) in [5.74, 6) is 1.75. The molecule has 2 aliphatic rings. The number of ether oxygens (including phenoxy) is 1. The Morgan fingerprint density at radius 3 is 2.48 bits per heavy atom. The maximum atomic E-state index is 11.8. The summed E-state index contributed by atoms with van der Waals surface area (Å²) in [5, 5.41) is 6.73. The van der Waals surface area contributed by atoms with Crippen molar-refractivity contribution in [1.82, 2.24) is 10.6 Å². The third kappa shape index (κ3) is 6.25. The largest absolute Gasteiger partial charge is 0.444 e. The number of alkyl carbamates (subject to hydrolysis) is 1. The third-order valence-corrected chi connectivity index (χ3v) is 4.55. The summed E-state index contributed by atoms with van der Waals surface area (Å²) >= 11 is 0. The van der Waals surface area contributed by atoms with Crippen LogP contribution in [0, 0.1) is 11.8 Å². The van der Waals surface area contributed by atoms with Gasteiger partial charge < -0.3 is 15.4 Å². The van der Waals surface area contributed by atoms with Gasteiger partial charge in [0.15, 0.2) is 0 Å². The van der Waals surface area contributed by atoms with E-state index in [1.807, 2.05) is 20.8 Å². The molecular weight excluding hydrogens is 264 g/mol. The molecule has 4 nitrogen and oxygen atoms in total. The molecule has 2 rings (SSSR count). The molecule has 0 aromatic heterocycles. The van der Waals surface area contributed by atoms with Crippen molar-refractivity contribution in [1.29, 1.82) is 0 Å². The lowest BCUT2D eigenvalue weighted by molar-refractivity contribution is 0.0488. The van der Waals surface area contributed by atoms with Gasteiger partial charge in [0.1, 0.15) is 5.60 Å². The minimum atomic E-state index is -0.421. The number of amides is 1. The first-order valence-electron chi connectivity index (χ1n) is 8.56. The molecule has 0 bridgehead atoms. The highest BCUT2D eigenvalue weighted by Crippen LogP contribution is 2.36. The first-order chi connectivity index (χ1) is 9.83. The van der Waals surface area contributed by atoms with E-state index in [2.05, 4.69) is 17.6 Å². The van der Waals surface area contributed by atoms with E-state index in [9.17, 15) is 4.79 Å². The third-order valence-electron chi connectivity index (χ3n) is 4.55.